The number of rotatable bonds is 4. The van der Waals surface area contributed by atoms with Gasteiger partial charge in [-0.1, -0.05) is 24.6 Å². The van der Waals surface area contributed by atoms with Crippen molar-refractivity contribution in [3.63, 3.8) is 0 Å². The molecule has 1 saturated heterocycles. The molecule has 0 spiro atoms. The number of fused-ring (bicyclic) bond motifs is 1. The number of aryl methyl sites for hydroxylation is 1. The first-order valence-corrected chi connectivity index (χ1v) is 11.9. The number of carbonyl (C=O) groups excluding carboxylic acids is 2. The molecule has 4 rings (SSSR count). The van der Waals surface area contributed by atoms with Crippen LogP contribution >= 0.6 is 0 Å². The minimum absolute atomic E-state index is 0.00146. The molecule has 2 heterocycles. The lowest BCUT2D eigenvalue weighted by Crippen LogP contribution is -2.50. The predicted molar refractivity (Wildman–Crippen MR) is 116 cm³/mol. The van der Waals surface area contributed by atoms with Crippen molar-refractivity contribution in [3.8, 4) is 11.5 Å². The Morgan fingerprint density at radius 1 is 1.00 bits per heavy atom. The molecule has 0 aromatic heterocycles. The molecule has 1 fully saturated rings. The van der Waals surface area contributed by atoms with E-state index in [0.717, 1.165) is 19.3 Å². The second kappa shape index (κ2) is 9.17. The number of hydrazine groups is 1. The molecule has 1 atom stereocenters. The molecule has 32 heavy (non-hydrogen) atoms. The molecule has 0 saturated carbocycles. The van der Waals surface area contributed by atoms with E-state index in [0.29, 0.717) is 30.2 Å². The highest BCUT2D eigenvalue weighted by atomic mass is 32.2. The molecule has 2 aromatic rings. The fourth-order valence-electron chi connectivity index (χ4n) is 3.68. The number of nitrogens with one attached hydrogen (secondary N) is 2. The summed E-state index contributed by atoms with van der Waals surface area (Å²) in [5.74, 6) is -0.231. The van der Waals surface area contributed by atoms with Crippen molar-refractivity contribution in [3.05, 3.63) is 53.6 Å². The van der Waals surface area contributed by atoms with Crippen molar-refractivity contribution >= 4 is 21.8 Å². The third-order valence-electron chi connectivity index (χ3n) is 5.48. The molecule has 2 aliphatic rings. The number of para-hydroxylation sites is 2. The van der Waals surface area contributed by atoms with Gasteiger partial charge in [0.1, 0.15) is 6.61 Å². The topological polar surface area (TPSA) is 114 Å². The fourth-order valence-corrected chi connectivity index (χ4v) is 5.45. The predicted octanol–water partition coefficient (Wildman–Crippen LogP) is 1.77. The maximum absolute atomic E-state index is 13.1. The van der Waals surface area contributed by atoms with E-state index >= 15 is 0 Å². The first-order chi connectivity index (χ1) is 15.4. The number of ether oxygens (including phenoxy) is 2. The monoisotopic (exact) mass is 459 g/mol. The summed E-state index contributed by atoms with van der Waals surface area (Å²) in [5.41, 5.74) is 5.31. The Bertz CT molecular complexity index is 1130. The van der Waals surface area contributed by atoms with Crippen molar-refractivity contribution in [2.75, 3.05) is 19.7 Å². The van der Waals surface area contributed by atoms with Crippen LogP contribution in [0.15, 0.2) is 47.4 Å². The molecule has 2 aromatic carbocycles. The van der Waals surface area contributed by atoms with Crippen LogP contribution < -0.4 is 20.3 Å². The highest BCUT2D eigenvalue weighted by molar-refractivity contribution is 7.89. The lowest BCUT2D eigenvalue weighted by atomic mass is 10.1. The van der Waals surface area contributed by atoms with Crippen LogP contribution in [-0.2, 0) is 14.8 Å². The minimum atomic E-state index is -3.70. The van der Waals surface area contributed by atoms with Gasteiger partial charge in [-0.2, -0.15) is 4.31 Å². The number of nitrogens with zero attached hydrogens (tertiary/aromatic N) is 1. The first-order valence-electron chi connectivity index (χ1n) is 10.5. The SMILES string of the molecule is Cc1ccc(C(=O)NNC(=O)C2COc3ccccc3O2)cc1S(=O)(=O)N1CCCCC1. The van der Waals surface area contributed by atoms with E-state index in [4.69, 9.17) is 9.47 Å². The second-order valence-electron chi connectivity index (χ2n) is 7.75. The quantitative estimate of drug-likeness (QED) is 0.674. The van der Waals surface area contributed by atoms with Gasteiger partial charge in [-0.15, -0.1) is 0 Å². The summed E-state index contributed by atoms with van der Waals surface area (Å²) in [6.07, 6.45) is 1.72. The summed E-state index contributed by atoms with van der Waals surface area (Å²) < 4.78 is 38.7. The van der Waals surface area contributed by atoms with Crippen molar-refractivity contribution in [1.82, 2.24) is 15.2 Å². The molecule has 1 unspecified atom stereocenters. The Hall–Kier alpha value is -3.11. The molecule has 2 aliphatic heterocycles. The molecular formula is C22H25N3O6S. The number of piperidine rings is 1. The first kappa shape index (κ1) is 22.1. The summed E-state index contributed by atoms with van der Waals surface area (Å²) in [4.78, 5) is 25.1. The Labute approximate surface area is 186 Å². The summed E-state index contributed by atoms with van der Waals surface area (Å²) in [7, 11) is -3.70. The lowest BCUT2D eigenvalue weighted by molar-refractivity contribution is -0.131. The van der Waals surface area contributed by atoms with Crippen molar-refractivity contribution in [1.29, 1.82) is 0 Å². The summed E-state index contributed by atoms with van der Waals surface area (Å²) >= 11 is 0. The van der Waals surface area contributed by atoms with Crippen LogP contribution in [0.2, 0.25) is 0 Å². The van der Waals surface area contributed by atoms with Crippen LogP contribution in [0.4, 0.5) is 0 Å². The zero-order chi connectivity index (χ0) is 22.7. The third kappa shape index (κ3) is 4.56. The van der Waals surface area contributed by atoms with Gasteiger partial charge in [0, 0.05) is 18.7 Å². The van der Waals surface area contributed by atoms with Gasteiger partial charge in [-0.25, -0.2) is 8.42 Å². The molecule has 0 bridgehead atoms. The number of sulfonamides is 1. The third-order valence-corrected chi connectivity index (χ3v) is 7.52. The highest BCUT2D eigenvalue weighted by Crippen LogP contribution is 2.30. The Morgan fingerprint density at radius 3 is 2.47 bits per heavy atom. The number of amides is 2. The van der Waals surface area contributed by atoms with Gasteiger partial charge in [0.05, 0.1) is 4.90 Å². The molecule has 10 heteroatoms. The molecular weight excluding hydrogens is 434 g/mol. The fraction of sp³-hybridized carbons (Fsp3) is 0.364. The van der Waals surface area contributed by atoms with E-state index in [1.54, 1.807) is 37.3 Å². The minimum Gasteiger partial charge on any atom is -0.485 e. The lowest BCUT2D eigenvalue weighted by Gasteiger charge is -2.26. The van der Waals surface area contributed by atoms with Crippen molar-refractivity contribution < 1.29 is 27.5 Å². The Kier molecular flexibility index (Phi) is 6.33. The molecule has 0 aliphatic carbocycles. The summed E-state index contributed by atoms with van der Waals surface area (Å²) in [6, 6.07) is 11.4. The van der Waals surface area contributed by atoms with Gasteiger partial charge in [0.25, 0.3) is 11.8 Å². The van der Waals surface area contributed by atoms with Crippen LogP contribution in [0, 0.1) is 6.92 Å². The molecule has 0 radical (unpaired) electrons. The zero-order valence-corrected chi connectivity index (χ0v) is 18.5. The molecule has 2 amide bonds. The average Bonchev–Trinajstić information content (AvgIpc) is 2.82. The van der Waals surface area contributed by atoms with E-state index in [1.807, 2.05) is 0 Å². The van der Waals surface area contributed by atoms with Crippen LogP contribution in [0.3, 0.4) is 0 Å². The van der Waals surface area contributed by atoms with Gasteiger partial charge in [0.15, 0.2) is 11.5 Å². The molecule has 2 N–H and O–H groups in total. The van der Waals surface area contributed by atoms with E-state index in [2.05, 4.69) is 10.9 Å². The highest BCUT2D eigenvalue weighted by Gasteiger charge is 2.29. The van der Waals surface area contributed by atoms with E-state index in [-0.39, 0.29) is 17.1 Å². The van der Waals surface area contributed by atoms with Crippen LogP contribution in [-0.4, -0.2) is 50.3 Å². The average molecular weight is 460 g/mol. The number of benzene rings is 2. The zero-order valence-electron chi connectivity index (χ0n) is 17.7. The number of hydrogen-bond acceptors (Lipinski definition) is 6. The molecule has 9 nitrogen and oxygen atoms in total. The van der Waals surface area contributed by atoms with Crippen LogP contribution in [0.5, 0.6) is 11.5 Å². The summed E-state index contributed by atoms with van der Waals surface area (Å²) in [5, 5.41) is 0. The largest absolute Gasteiger partial charge is 0.485 e. The number of carbonyl (C=O) groups is 2. The van der Waals surface area contributed by atoms with E-state index in [1.165, 1.54) is 16.4 Å². The Balaban J connectivity index is 1.42. The van der Waals surface area contributed by atoms with Crippen molar-refractivity contribution in [2.24, 2.45) is 0 Å². The maximum Gasteiger partial charge on any atom is 0.283 e. The number of hydrogen-bond donors (Lipinski definition) is 2. The van der Waals surface area contributed by atoms with Crippen molar-refractivity contribution in [2.45, 2.75) is 37.2 Å². The second-order valence-corrected chi connectivity index (χ2v) is 9.66. The smallest absolute Gasteiger partial charge is 0.283 e. The van der Waals surface area contributed by atoms with Gasteiger partial charge < -0.3 is 9.47 Å². The molecule has 170 valence electrons. The van der Waals surface area contributed by atoms with Crippen LogP contribution in [0.25, 0.3) is 0 Å². The van der Waals surface area contributed by atoms with Gasteiger partial charge in [-0.05, 0) is 49.6 Å². The van der Waals surface area contributed by atoms with Gasteiger partial charge >= 0.3 is 0 Å². The van der Waals surface area contributed by atoms with E-state index < -0.39 is 27.9 Å². The van der Waals surface area contributed by atoms with E-state index in [9.17, 15) is 18.0 Å². The maximum atomic E-state index is 13.1. The van der Waals surface area contributed by atoms with Gasteiger partial charge in [0.2, 0.25) is 16.1 Å². The Morgan fingerprint density at radius 2 is 1.72 bits per heavy atom. The summed E-state index contributed by atoms with van der Waals surface area (Å²) in [6.45, 7) is 2.64. The standard InChI is InChI=1S/C22H25N3O6S/c1-15-9-10-16(13-20(15)32(28,29)25-11-5-2-6-12-25)21(26)23-24-22(27)19-14-30-17-7-3-4-8-18(17)31-19/h3-4,7-10,13,19H,2,5-6,11-12,14H2,1H3,(H,23,26)(H,24,27). The van der Waals surface area contributed by atoms with Crippen LogP contribution in [0.1, 0.15) is 35.2 Å². The van der Waals surface area contributed by atoms with Gasteiger partial charge in [-0.3, -0.25) is 20.4 Å². The normalized spacial score (nSPS) is 18.6.